The predicted octanol–water partition coefficient (Wildman–Crippen LogP) is 1.41. The van der Waals surface area contributed by atoms with Gasteiger partial charge in [0, 0.05) is 32.4 Å². The van der Waals surface area contributed by atoms with Crippen molar-refractivity contribution in [3.05, 3.63) is 54.0 Å². The molecule has 1 aromatic heterocycles. The highest BCUT2D eigenvalue weighted by molar-refractivity contribution is 7.89. The normalized spacial score (nSPS) is 15.3. The Morgan fingerprint density at radius 3 is 2.44 bits per heavy atom. The van der Waals surface area contributed by atoms with E-state index in [0.29, 0.717) is 37.6 Å². The quantitative estimate of drug-likeness (QED) is 0.617. The van der Waals surface area contributed by atoms with E-state index in [2.05, 4.69) is 9.71 Å². The number of piperazine rings is 1. The van der Waals surface area contributed by atoms with Gasteiger partial charge in [0.05, 0.1) is 18.2 Å². The van der Waals surface area contributed by atoms with E-state index in [0.717, 1.165) is 12.1 Å². The van der Waals surface area contributed by atoms with Crippen molar-refractivity contribution in [3.8, 4) is 0 Å². The fraction of sp³-hybridized carbons (Fsp3) is 0.381. The standard InChI is InChI=1S/C21H25FN4O5S/c1-3-31-21(28)16-8-9-19(23-14-16)25-10-12-26(13-11-25)20(27)15(2)24-32(29,30)18-7-5-4-6-17(18)22/h4-9,14-15,24H,3,10-13H2,1-2H3/t15-/m0/s1. The Hall–Kier alpha value is -3.05. The maximum atomic E-state index is 13.9. The zero-order valence-electron chi connectivity index (χ0n) is 17.8. The molecule has 0 radical (unpaired) electrons. The average Bonchev–Trinajstić information content (AvgIpc) is 2.79. The first-order valence-electron chi connectivity index (χ1n) is 10.2. The zero-order chi connectivity index (χ0) is 23.3. The van der Waals surface area contributed by atoms with Crippen LogP contribution >= 0.6 is 0 Å². The lowest BCUT2D eigenvalue weighted by Crippen LogP contribution is -2.54. The summed E-state index contributed by atoms with van der Waals surface area (Å²) in [5.74, 6) is -1.04. The van der Waals surface area contributed by atoms with Crippen molar-refractivity contribution >= 4 is 27.7 Å². The number of hydrogen-bond donors (Lipinski definition) is 1. The largest absolute Gasteiger partial charge is 0.462 e. The fourth-order valence-corrected chi connectivity index (χ4v) is 4.62. The molecule has 9 nitrogen and oxygen atoms in total. The first kappa shape index (κ1) is 23.6. The molecule has 32 heavy (non-hydrogen) atoms. The molecule has 0 spiro atoms. The van der Waals surface area contributed by atoms with E-state index >= 15 is 0 Å². The minimum absolute atomic E-state index is 0.283. The van der Waals surface area contributed by atoms with E-state index in [1.54, 1.807) is 24.0 Å². The van der Waals surface area contributed by atoms with Crippen molar-refractivity contribution < 1.29 is 27.1 Å². The number of amides is 1. The molecular formula is C21H25FN4O5S. The number of aromatic nitrogens is 1. The van der Waals surface area contributed by atoms with E-state index in [-0.39, 0.29) is 6.61 Å². The van der Waals surface area contributed by atoms with E-state index < -0.39 is 38.7 Å². The number of carbonyl (C=O) groups excluding carboxylic acids is 2. The number of nitrogens with zero attached hydrogens (tertiary/aromatic N) is 3. The lowest BCUT2D eigenvalue weighted by atomic mass is 10.2. The third-order valence-electron chi connectivity index (χ3n) is 5.00. The number of ether oxygens (including phenoxy) is 1. The van der Waals surface area contributed by atoms with Crippen LogP contribution in [0.5, 0.6) is 0 Å². The number of pyridine rings is 1. The molecule has 1 N–H and O–H groups in total. The molecule has 1 aliphatic heterocycles. The second-order valence-electron chi connectivity index (χ2n) is 7.21. The highest BCUT2D eigenvalue weighted by Crippen LogP contribution is 2.17. The summed E-state index contributed by atoms with van der Waals surface area (Å²) in [4.78, 5) is 31.8. The van der Waals surface area contributed by atoms with Crippen molar-refractivity contribution in [2.75, 3.05) is 37.7 Å². The summed E-state index contributed by atoms with van der Waals surface area (Å²) in [7, 11) is -4.17. The van der Waals surface area contributed by atoms with Crippen LogP contribution in [0.1, 0.15) is 24.2 Å². The molecule has 2 aromatic rings. The molecule has 1 saturated heterocycles. The molecule has 11 heteroatoms. The number of rotatable bonds is 7. The van der Waals surface area contributed by atoms with Gasteiger partial charge in [-0.05, 0) is 38.1 Å². The smallest absolute Gasteiger partial charge is 0.339 e. The van der Waals surface area contributed by atoms with Crippen LogP contribution in [0.2, 0.25) is 0 Å². The highest BCUT2D eigenvalue weighted by atomic mass is 32.2. The van der Waals surface area contributed by atoms with E-state index in [1.165, 1.54) is 25.3 Å². The van der Waals surface area contributed by atoms with Gasteiger partial charge in [-0.15, -0.1) is 0 Å². The van der Waals surface area contributed by atoms with Gasteiger partial charge in [-0.3, -0.25) is 4.79 Å². The topological polar surface area (TPSA) is 109 Å². The maximum absolute atomic E-state index is 13.9. The number of halogens is 1. The minimum Gasteiger partial charge on any atom is -0.462 e. The predicted molar refractivity (Wildman–Crippen MR) is 115 cm³/mol. The molecular weight excluding hydrogens is 439 g/mol. The van der Waals surface area contributed by atoms with Crippen LogP contribution in [-0.4, -0.2) is 69.0 Å². The monoisotopic (exact) mass is 464 g/mol. The van der Waals surface area contributed by atoms with Crippen LogP contribution in [0.25, 0.3) is 0 Å². The Labute approximate surface area is 186 Å². The Morgan fingerprint density at radius 1 is 1.16 bits per heavy atom. The van der Waals surface area contributed by atoms with Crippen molar-refractivity contribution in [3.63, 3.8) is 0 Å². The number of sulfonamides is 1. The van der Waals surface area contributed by atoms with Crippen molar-refractivity contribution in [1.29, 1.82) is 0 Å². The summed E-state index contributed by atoms with van der Waals surface area (Å²) in [6, 6.07) is 7.31. The molecule has 1 atom stereocenters. The summed E-state index contributed by atoms with van der Waals surface area (Å²) < 4.78 is 45.9. The van der Waals surface area contributed by atoms with Crippen LogP contribution in [0.15, 0.2) is 47.5 Å². The molecule has 1 aromatic carbocycles. The van der Waals surface area contributed by atoms with Crippen molar-refractivity contribution in [2.45, 2.75) is 24.8 Å². The van der Waals surface area contributed by atoms with Crippen molar-refractivity contribution in [1.82, 2.24) is 14.6 Å². The highest BCUT2D eigenvalue weighted by Gasteiger charge is 2.29. The lowest BCUT2D eigenvalue weighted by molar-refractivity contribution is -0.132. The van der Waals surface area contributed by atoms with Gasteiger partial charge in [0.15, 0.2) is 0 Å². The van der Waals surface area contributed by atoms with E-state index in [9.17, 15) is 22.4 Å². The van der Waals surface area contributed by atoms with E-state index in [1.807, 2.05) is 4.90 Å². The van der Waals surface area contributed by atoms with Crippen LogP contribution in [0.4, 0.5) is 10.2 Å². The van der Waals surface area contributed by atoms with Gasteiger partial charge in [0.2, 0.25) is 15.9 Å². The van der Waals surface area contributed by atoms with Crippen LogP contribution in [0, 0.1) is 5.82 Å². The molecule has 172 valence electrons. The van der Waals surface area contributed by atoms with Crippen LogP contribution < -0.4 is 9.62 Å². The molecule has 0 saturated carbocycles. The Bertz CT molecular complexity index is 1070. The summed E-state index contributed by atoms with van der Waals surface area (Å²) in [6.07, 6.45) is 1.45. The Kier molecular flexibility index (Phi) is 7.41. The molecule has 1 aliphatic rings. The zero-order valence-corrected chi connectivity index (χ0v) is 18.6. The number of esters is 1. The van der Waals surface area contributed by atoms with Crippen LogP contribution in [0.3, 0.4) is 0 Å². The lowest BCUT2D eigenvalue weighted by Gasteiger charge is -2.36. The summed E-state index contributed by atoms with van der Waals surface area (Å²) in [5, 5.41) is 0. The first-order valence-corrected chi connectivity index (χ1v) is 11.6. The van der Waals surface area contributed by atoms with Gasteiger partial charge in [-0.1, -0.05) is 12.1 Å². The summed E-state index contributed by atoms with van der Waals surface area (Å²) in [5.41, 5.74) is 0.361. The number of nitrogens with one attached hydrogen (secondary N) is 1. The second-order valence-corrected chi connectivity index (χ2v) is 8.89. The van der Waals surface area contributed by atoms with E-state index in [4.69, 9.17) is 4.74 Å². The third kappa shape index (κ3) is 5.40. The number of benzene rings is 1. The van der Waals surface area contributed by atoms with Crippen LogP contribution in [-0.2, 0) is 19.6 Å². The molecule has 0 aliphatic carbocycles. The van der Waals surface area contributed by atoms with Gasteiger partial charge < -0.3 is 14.5 Å². The summed E-state index contributed by atoms with van der Waals surface area (Å²) in [6.45, 7) is 5.16. The Balaban J connectivity index is 1.57. The van der Waals surface area contributed by atoms with Gasteiger partial charge in [0.25, 0.3) is 0 Å². The third-order valence-corrected chi connectivity index (χ3v) is 6.58. The van der Waals surface area contributed by atoms with Crippen molar-refractivity contribution in [2.24, 2.45) is 0 Å². The van der Waals surface area contributed by atoms with Gasteiger partial charge in [-0.25, -0.2) is 22.6 Å². The molecule has 1 amide bonds. The van der Waals surface area contributed by atoms with Gasteiger partial charge in [0.1, 0.15) is 16.5 Å². The molecule has 3 rings (SSSR count). The molecule has 2 heterocycles. The number of anilines is 1. The number of carbonyl (C=O) groups is 2. The maximum Gasteiger partial charge on any atom is 0.339 e. The Morgan fingerprint density at radius 2 is 1.84 bits per heavy atom. The minimum atomic E-state index is -4.17. The first-order chi connectivity index (χ1) is 15.2. The van der Waals surface area contributed by atoms with Gasteiger partial charge >= 0.3 is 5.97 Å². The number of hydrogen-bond acceptors (Lipinski definition) is 7. The SMILES string of the molecule is CCOC(=O)c1ccc(N2CCN(C(=O)[C@H](C)NS(=O)(=O)c3ccccc3F)CC2)nc1. The second kappa shape index (κ2) is 10.0. The molecule has 0 bridgehead atoms. The van der Waals surface area contributed by atoms with Gasteiger partial charge in [-0.2, -0.15) is 4.72 Å². The fourth-order valence-electron chi connectivity index (χ4n) is 3.35. The average molecular weight is 465 g/mol. The molecule has 1 fully saturated rings. The molecule has 0 unspecified atom stereocenters. The summed E-state index contributed by atoms with van der Waals surface area (Å²) >= 11 is 0.